The predicted molar refractivity (Wildman–Crippen MR) is 64.5 cm³/mol. The summed E-state index contributed by atoms with van der Waals surface area (Å²) in [5.41, 5.74) is 0.259. The molecule has 20 heavy (non-hydrogen) atoms. The summed E-state index contributed by atoms with van der Waals surface area (Å²) < 4.78 is 43.1. The molecular formula is C13H10F3NO3. The molecule has 1 aromatic carbocycles. The second-order valence-corrected chi connectivity index (χ2v) is 4.08. The number of hydrogen-bond acceptors (Lipinski definition) is 3. The third-order valence-corrected chi connectivity index (χ3v) is 2.59. The largest absolute Gasteiger partial charge is 0.481 e. The highest BCUT2D eigenvalue weighted by molar-refractivity contribution is 5.84. The summed E-state index contributed by atoms with van der Waals surface area (Å²) in [7, 11) is 0. The van der Waals surface area contributed by atoms with Crippen molar-refractivity contribution in [2.45, 2.75) is 18.7 Å². The summed E-state index contributed by atoms with van der Waals surface area (Å²) in [5, 5.41) is 9.16. The third kappa shape index (κ3) is 3.17. The quantitative estimate of drug-likeness (QED) is 0.938. The van der Waals surface area contributed by atoms with E-state index in [-0.39, 0.29) is 11.3 Å². The van der Waals surface area contributed by atoms with E-state index in [0.29, 0.717) is 5.39 Å². The Morgan fingerprint density at radius 1 is 1.30 bits per heavy atom. The summed E-state index contributed by atoms with van der Waals surface area (Å²) in [4.78, 5) is 14.5. The summed E-state index contributed by atoms with van der Waals surface area (Å²) in [6.45, 7) is 0. The van der Waals surface area contributed by atoms with E-state index in [9.17, 15) is 18.0 Å². The van der Waals surface area contributed by atoms with Crippen molar-refractivity contribution in [3.8, 4) is 5.75 Å². The Hall–Kier alpha value is -2.31. The molecule has 4 nitrogen and oxygen atoms in total. The monoisotopic (exact) mass is 285 g/mol. The third-order valence-electron chi connectivity index (χ3n) is 2.59. The number of aliphatic carboxylic acids is 1. The summed E-state index contributed by atoms with van der Waals surface area (Å²) in [5.74, 6) is -1.67. The van der Waals surface area contributed by atoms with Gasteiger partial charge in [-0.2, -0.15) is 13.2 Å². The van der Waals surface area contributed by atoms with Gasteiger partial charge in [-0.1, -0.05) is 18.2 Å². The van der Waals surface area contributed by atoms with Crippen LogP contribution < -0.4 is 4.74 Å². The molecule has 0 amide bonds. The van der Waals surface area contributed by atoms with E-state index in [1.165, 1.54) is 18.3 Å². The number of alkyl halides is 3. The van der Waals surface area contributed by atoms with Crippen molar-refractivity contribution in [3.05, 3.63) is 36.5 Å². The van der Waals surface area contributed by atoms with Gasteiger partial charge in [-0.3, -0.25) is 9.78 Å². The number of carboxylic acids is 1. The van der Waals surface area contributed by atoms with Crippen LogP contribution >= 0.6 is 0 Å². The molecule has 2 rings (SSSR count). The molecule has 0 radical (unpaired) electrons. The second-order valence-electron chi connectivity index (χ2n) is 4.08. The molecule has 0 fully saturated rings. The zero-order valence-corrected chi connectivity index (χ0v) is 10.1. The van der Waals surface area contributed by atoms with Crippen LogP contribution in [0.15, 0.2) is 36.5 Å². The number of para-hydroxylation sites is 1. The number of hydrogen-bond donors (Lipinski definition) is 1. The Labute approximate surface area is 111 Å². The first kappa shape index (κ1) is 14.1. The van der Waals surface area contributed by atoms with Gasteiger partial charge in [-0.15, -0.1) is 0 Å². The van der Waals surface area contributed by atoms with Gasteiger partial charge in [0.25, 0.3) is 0 Å². The molecule has 0 aliphatic heterocycles. The van der Waals surface area contributed by atoms with Gasteiger partial charge in [-0.05, 0) is 12.1 Å². The maximum atomic E-state index is 12.8. The number of rotatable bonds is 4. The highest BCUT2D eigenvalue weighted by Gasteiger charge is 2.43. The fourth-order valence-corrected chi connectivity index (χ4v) is 1.71. The number of aromatic nitrogens is 1. The van der Waals surface area contributed by atoms with Crippen molar-refractivity contribution < 1.29 is 27.8 Å². The van der Waals surface area contributed by atoms with Crippen LogP contribution in [0.1, 0.15) is 6.42 Å². The summed E-state index contributed by atoms with van der Waals surface area (Å²) >= 11 is 0. The molecular weight excluding hydrogens is 275 g/mol. The van der Waals surface area contributed by atoms with Crippen molar-refractivity contribution in [2.75, 3.05) is 0 Å². The molecule has 2 aromatic rings. The SMILES string of the molecule is O=C(O)CC(Oc1cccc2cccnc12)C(F)(F)F. The van der Waals surface area contributed by atoms with Gasteiger partial charge in [0.2, 0.25) is 6.10 Å². The average Bonchev–Trinajstić information content (AvgIpc) is 2.37. The summed E-state index contributed by atoms with van der Waals surface area (Å²) in [6, 6.07) is 7.85. The molecule has 1 N–H and O–H groups in total. The van der Waals surface area contributed by atoms with Crippen molar-refractivity contribution in [3.63, 3.8) is 0 Å². The van der Waals surface area contributed by atoms with Gasteiger partial charge in [0.05, 0.1) is 6.42 Å². The Morgan fingerprint density at radius 3 is 2.65 bits per heavy atom. The van der Waals surface area contributed by atoms with Crippen LogP contribution in [-0.4, -0.2) is 28.3 Å². The number of ether oxygens (including phenoxy) is 1. The van der Waals surface area contributed by atoms with Crippen LogP contribution in [-0.2, 0) is 4.79 Å². The van der Waals surface area contributed by atoms with E-state index in [2.05, 4.69) is 4.98 Å². The van der Waals surface area contributed by atoms with E-state index >= 15 is 0 Å². The summed E-state index contributed by atoms with van der Waals surface area (Å²) in [6.07, 6.45) is -6.91. The maximum absolute atomic E-state index is 12.8. The van der Waals surface area contributed by atoms with Crippen molar-refractivity contribution in [1.82, 2.24) is 4.98 Å². The molecule has 1 aromatic heterocycles. The van der Waals surface area contributed by atoms with Crippen molar-refractivity contribution in [1.29, 1.82) is 0 Å². The number of benzene rings is 1. The van der Waals surface area contributed by atoms with Gasteiger partial charge >= 0.3 is 12.1 Å². The normalized spacial score (nSPS) is 13.2. The van der Waals surface area contributed by atoms with E-state index < -0.39 is 24.7 Å². The molecule has 0 saturated heterocycles. The first-order chi connectivity index (χ1) is 9.38. The maximum Gasteiger partial charge on any atom is 0.426 e. The minimum absolute atomic E-state index is 0.0910. The minimum atomic E-state index is -4.77. The van der Waals surface area contributed by atoms with Crippen molar-refractivity contribution >= 4 is 16.9 Å². The van der Waals surface area contributed by atoms with Gasteiger partial charge in [0, 0.05) is 11.6 Å². The van der Waals surface area contributed by atoms with Crippen LogP contribution in [0.25, 0.3) is 10.9 Å². The molecule has 0 aliphatic rings. The van der Waals surface area contributed by atoms with Gasteiger partial charge in [0.1, 0.15) is 11.3 Å². The molecule has 0 spiro atoms. The van der Waals surface area contributed by atoms with E-state index in [0.717, 1.165) is 0 Å². The van der Waals surface area contributed by atoms with Gasteiger partial charge in [-0.25, -0.2) is 0 Å². The number of halogens is 3. The number of fused-ring (bicyclic) bond motifs is 1. The lowest BCUT2D eigenvalue weighted by atomic mass is 10.2. The molecule has 0 saturated carbocycles. The Morgan fingerprint density at radius 2 is 2.00 bits per heavy atom. The fourth-order valence-electron chi connectivity index (χ4n) is 1.71. The Balaban J connectivity index is 2.36. The lowest BCUT2D eigenvalue weighted by Crippen LogP contribution is -2.36. The topological polar surface area (TPSA) is 59.4 Å². The predicted octanol–water partition coefficient (Wildman–Crippen LogP) is 3.02. The first-order valence-electron chi connectivity index (χ1n) is 5.67. The molecule has 1 heterocycles. The van der Waals surface area contributed by atoms with Crippen LogP contribution in [0.5, 0.6) is 5.75 Å². The highest BCUT2D eigenvalue weighted by atomic mass is 19.4. The highest BCUT2D eigenvalue weighted by Crippen LogP contribution is 2.30. The Kier molecular flexibility index (Phi) is 3.78. The van der Waals surface area contributed by atoms with Crippen LogP contribution in [0.2, 0.25) is 0 Å². The second kappa shape index (κ2) is 5.36. The molecule has 106 valence electrons. The molecule has 7 heteroatoms. The molecule has 0 bridgehead atoms. The van der Waals surface area contributed by atoms with Crippen LogP contribution in [0.3, 0.4) is 0 Å². The fraction of sp³-hybridized carbons (Fsp3) is 0.231. The average molecular weight is 285 g/mol. The molecule has 1 atom stereocenters. The standard InChI is InChI=1S/C13H10F3NO3/c14-13(15,16)10(7-11(18)19)20-9-5-1-3-8-4-2-6-17-12(8)9/h1-6,10H,7H2,(H,18,19). The van der Waals surface area contributed by atoms with Crippen LogP contribution in [0, 0.1) is 0 Å². The zero-order chi connectivity index (χ0) is 14.8. The lowest BCUT2D eigenvalue weighted by Gasteiger charge is -2.20. The van der Waals surface area contributed by atoms with Crippen molar-refractivity contribution in [2.24, 2.45) is 0 Å². The van der Waals surface area contributed by atoms with Gasteiger partial charge in [0.15, 0.2) is 0 Å². The number of nitrogens with zero attached hydrogens (tertiary/aromatic N) is 1. The zero-order valence-electron chi connectivity index (χ0n) is 10.1. The number of carboxylic acid groups (broad SMARTS) is 1. The molecule has 0 aliphatic carbocycles. The number of carbonyl (C=O) groups is 1. The van der Waals surface area contributed by atoms with E-state index in [1.807, 2.05) is 0 Å². The van der Waals surface area contributed by atoms with Gasteiger partial charge < -0.3 is 9.84 Å². The smallest absolute Gasteiger partial charge is 0.426 e. The first-order valence-corrected chi connectivity index (χ1v) is 5.67. The molecule has 1 unspecified atom stereocenters. The lowest BCUT2D eigenvalue weighted by molar-refractivity contribution is -0.200. The van der Waals surface area contributed by atoms with Crippen LogP contribution in [0.4, 0.5) is 13.2 Å². The minimum Gasteiger partial charge on any atom is -0.481 e. The number of pyridine rings is 1. The van der Waals surface area contributed by atoms with E-state index in [4.69, 9.17) is 9.84 Å². The van der Waals surface area contributed by atoms with E-state index in [1.54, 1.807) is 18.2 Å². The Bertz CT molecular complexity index is 622.